The molecule has 1 aromatic carbocycles. The number of esters is 1. The van der Waals surface area contributed by atoms with Crippen molar-refractivity contribution in [3.63, 3.8) is 0 Å². The summed E-state index contributed by atoms with van der Waals surface area (Å²) in [6.07, 6.45) is 0.0389. The van der Waals surface area contributed by atoms with Crippen LogP contribution in [-0.2, 0) is 20.7 Å². The fourth-order valence-corrected chi connectivity index (χ4v) is 3.63. The van der Waals surface area contributed by atoms with Gasteiger partial charge in [-0.15, -0.1) is 11.3 Å². The van der Waals surface area contributed by atoms with Crippen molar-refractivity contribution in [3.8, 4) is 16.8 Å². The number of carbonyl (C=O) groups is 2. The third kappa shape index (κ3) is 5.72. The van der Waals surface area contributed by atoms with E-state index in [0.29, 0.717) is 28.1 Å². The Kier molecular flexibility index (Phi) is 7.45. The average Bonchev–Trinajstić information content (AvgIpc) is 3.39. The van der Waals surface area contributed by atoms with Crippen molar-refractivity contribution in [2.45, 2.75) is 26.7 Å². The molecule has 0 saturated heterocycles. The first kappa shape index (κ1) is 22.5. The van der Waals surface area contributed by atoms with Gasteiger partial charge in [0, 0.05) is 17.3 Å². The number of nitrogens with zero attached hydrogens (tertiary/aromatic N) is 3. The standard InChI is InChI=1S/C22H20ClN3O4S/c1-14-11-16(6-7-17(14)23)26(9-4-8-24)20(27)13-29-21(28)12-18-15(2)30-22(25-18)19-5-3-10-31-19/h3,5-7,10-11H,4,9,12-13H2,1-2H3. The molecule has 1 amide bonds. The van der Waals surface area contributed by atoms with Crippen molar-refractivity contribution < 1.29 is 18.7 Å². The molecule has 0 radical (unpaired) electrons. The van der Waals surface area contributed by atoms with Crippen molar-refractivity contribution >= 4 is 40.5 Å². The molecule has 0 saturated carbocycles. The van der Waals surface area contributed by atoms with E-state index < -0.39 is 18.5 Å². The maximum atomic E-state index is 12.7. The Hall–Kier alpha value is -3.15. The van der Waals surface area contributed by atoms with Gasteiger partial charge in [-0.2, -0.15) is 5.26 Å². The Morgan fingerprint density at radius 1 is 1.32 bits per heavy atom. The molecular formula is C22H20ClN3O4S. The molecule has 7 nitrogen and oxygen atoms in total. The summed E-state index contributed by atoms with van der Waals surface area (Å²) < 4.78 is 10.8. The number of benzene rings is 1. The lowest BCUT2D eigenvalue weighted by atomic mass is 10.2. The van der Waals surface area contributed by atoms with E-state index in [0.717, 1.165) is 10.4 Å². The molecule has 2 heterocycles. The van der Waals surface area contributed by atoms with Crippen LogP contribution >= 0.6 is 22.9 Å². The molecule has 0 aliphatic heterocycles. The first-order valence-electron chi connectivity index (χ1n) is 9.48. The number of halogens is 1. The number of amides is 1. The molecule has 0 fully saturated rings. The summed E-state index contributed by atoms with van der Waals surface area (Å²) in [6, 6.07) is 10.9. The first-order valence-corrected chi connectivity index (χ1v) is 10.7. The Morgan fingerprint density at radius 3 is 2.81 bits per heavy atom. The van der Waals surface area contributed by atoms with Gasteiger partial charge in [-0.3, -0.25) is 9.59 Å². The second-order valence-corrected chi connectivity index (χ2v) is 8.08. The highest BCUT2D eigenvalue weighted by atomic mass is 35.5. The van der Waals surface area contributed by atoms with Gasteiger partial charge < -0.3 is 14.1 Å². The highest BCUT2D eigenvalue weighted by Gasteiger charge is 2.20. The van der Waals surface area contributed by atoms with Crippen LogP contribution in [0.25, 0.3) is 10.8 Å². The molecule has 0 bridgehead atoms. The lowest BCUT2D eigenvalue weighted by Gasteiger charge is -2.22. The van der Waals surface area contributed by atoms with E-state index in [1.165, 1.54) is 16.2 Å². The van der Waals surface area contributed by atoms with Gasteiger partial charge in [-0.1, -0.05) is 17.7 Å². The van der Waals surface area contributed by atoms with Crippen LogP contribution in [0.3, 0.4) is 0 Å². The highest BCUT2D eigenvalue weighted by Crippen LogP contribution is 2.26. The third-order valence-electron chi connectivity index (χ3n) is 4.49. The third-order valence-corrected chi connectivity index (χ3v) is 5.78. The largest absolute Gasteiger partial charge is 0.455 e. The van der Waals surface area contributed by atoms with Gasteiger partial charge in [0.05, 0.1) is 29.5 Å². The highest BCUT2D eigenvalue weighted by molar-refractivity contribution is 7.13. The molecular weight excluding hydrogens is 438 g/mol. The molecule has 0 atom stereocenters. The van der Waals surface area contributed by atoms with Crippen LogP contribution in [-0.4, -0.2) is 30.0 Å². The molecule has 31 heavy (non-hydrogen) atoms. The van der Waals surface area contributed by atoms with Crippen LogP contribution in [0.2, 0.25) is 5.02 Å². The number of nitriles is 1. The molecule has 0 spiro atoms. The van der Waals surface area contributed by atoms with Crippen LogP contribution in [0.1, 0.15) is 23.4 Å². The Bertz CT molecular complexity index is 1120. The molecule has 0 unspecified atom stereocenters. The molecule has 0 aliphatic carbocycles. The Morgan fingerprint density at radius 2 is 2.13 bits per heavy atom. The van der Waals surface area contributed by atoms with Gasteiger partial charge in [0.25, 0.3) is 5.91 Å². The summed E-state index contributed by atoms with van der Waals surface area (Å²) in [6.45, 7) is 3.29. The van der Waals surface area contributed by atoms with E-state index in [1.807, 2.05) is 30.5 Å². The molecule has 0 N–H and O–H groups in total. The first-order chi connectivity index (χ1) is 14.9. The van der Waals surface area contributed by atoms with Crippen LogP contribution in [0.5, 0.6) is 0 Å². The van der Waals surface area contributed by atoms with E-state index in [4.69, 9.17) is 26.0 Å². The summed E-state index contributed by atoms with van der Waals surface area (Å²) in [7, 11) is 0. The number of hydrogen-bond acceptors (Lipinski definition) is 7. The van der Waals surface area contributed by atoms with Crippen LogP contribution in [0.4, 0.5) is 5.69 Å². The monoisotopic (exact) mass is 457 g/mol. The second-order valence-electron chi connectivity index (χ2n) is 6.72. The molecule has 0 aliphatic rings. The normalized spacial score (nSPS) is 10.5. The van der Waals surface area contributed by atoms with E-state index in [-0.39, 0.29) is 19.4 Å². The summed E-state index contributed by atoms with van der Waals surface area (Å²) in [5.41, 5.74) is 1.86. The molecule has 2 aromatic heterocycles. The van der Waals surface area contributed by atoms with Crippen molar-refractivity contribution in [3.05, 3.63) is 57.8 Å². The van der Waals surface area contributed by atoms with Crippen LogP contribution in [0.15, 0.2) is 40.1 Å². The zero-order valence-electron chi connectivity index (χ0n) is 17.1. The van der Waals surface area contributed by atoms with Crippen molar-refractivity contribution in [2.75, 3.05) is 18.1 Å². The van der Waals surface area contributed by atoms with Gasteiger partial charge in [-0.05, 0) is 49.1 Å². The number of ether oxygens (including phenoxy) is 1. The molecule has 9 heteroatoms. The fourth-order valence-electron chi connectivity index (χ4n) is 2.86. The van der Waals surface area contributed by atoms with E-state index >= 15 is 0 Å². The molecule has 3 rings (SSSR count). The average molecular weight is 458 g/mol. The second kappa shape index (κ2) is 10.2. The van der Waals surface area contributed by atoms with Gasteiger partial charge in [0.15, 0.2) is 6.61 Å². The number of thiophene rings is 1. The number of aryl methyl sites for hydroxylation is 2. The lowest BCUT2D eigenvalue weighted by molar-refractivity contribution is -0.147. The van der Waals surface area contributed by atoms with Crippen molar-refractivity contribution in [1.82, 2.24) is 4.98 Å². The predicted molar refractivity (Wildman–Crippen MR) is 118 cm³/mol. The minimum absolute atomic E-state index is 0.105. The zero-order chi connectivity index (χ0) is 22.4. The minimum Gasteiger partial charge on any atom is -0.455 e. The number of carbonyl (C=O) groups excluding carboxylic acids is 2. The lowest BCUT2D eigenvalue weighted by Crippen LogP contribution is -2.35. The molecule has 160 valence electrons. The van der Waals surface area contributed by atoms with E-state index in [9.17, 15) is 9.59 Å². The zero-order valence-corrected chi connectivity index (χ0v) is 18.6. The molecule has 3 aromatic rings. The number of oxazole rings is 1. The number of rotatable bonds is 8. The topological polar surface area (TPSA) is 96.4 Å². The maximum Gasteiger partial charge on any atom is 0.312 e. The van der Waals surface area contributed by atoms with Gasteiger partial charge in [0.1, 0.15) is 5.76 Å². The smallest absolute Gasteiger partial charge is 0.312 e. The number of hydrogen-bond donors (Lipinski definition) is 0. The minimum atomic E-state index is -0.588. The summed E-state index contributed by atoms with van der Waals surface area (Å²) in [5.74, 6) is -0.0393. The van der Waals surface area contributed by atoms with Crippen molar-refractivity contribution in [1.29, 1.82) is 5.26 Å². The Balaban J connectivity index is 1.63. The number of anilines is 1. The van der Waals surface area contributed by atoms with Gasteiger partial charge >= 0.3 is 5.97 Å². The maximum absolute atomic E-state index is 12.7. The van der Waals surface area contributed by atoms with Crippen LogP contribution in [0, 0.1) is 25.2 Å². The van der Waals surface area contributed by atoms with E-state index in [1.54, 1.807) is 25.1 Å². The summed E-state index contributed by atoms with van der Waals surface area (Å²) >= 11 is 7.54. The fraction of sp³-hybridized carbons (Fsp3) is 0.273. The number of aromatic nitrogens is 1. The quantitative estimate of drug-likeness (QED) is 0.454. The Labute approximate surface area is 188 Å². The predicted octanol–water partition coefficient (Wildman–Crippen LogP) is 4.71. The van der Waals surface area contributed by atoms with Gasteiger partial charge in [0.2, 0.25) is 5.89 Å². The summed E-state index contributed by atoms with van der Waals surface area (Å²) in [5, 5.41) is 11.4. The van der Waals surface area contributed by atoms with Gasteiger partial charge in [-0.25, -0.2) is 4.98 Å². The van der Waals surface area contributed by atoms with E-state index in [2.05, 4.69) is 4.98 Å². The summed E-state index contributed by atoms with van der Waals surface area (Å²) in [4.78, 5) is 31.6. The SMILES string of the molecule is Cc1cc(N(CCC#N)C(=O)COC(=O)Cc2nc(-c3cccs3)oc2C)ccc1Cl. The van der Waals surface area contributed by atoms with Crippen molar-refractivity contribution in [2.24, 2.45) is 0 Å². The van der Waals surface area contributed by atoms with Crippen LogP contribution < -0.4 is 4.90 Å².